The predicted octanol–water partition coefficient (Wildman–Crippen LogP) is 5.88. The molecule has 1 aromatic heterocycles. The number of amides is 1. The molecule has 0 aliphatic carbocycles. The lowest BCUT2D eigenvalue weighted by Gasteiger charge is -2.36. The number of anilines is 1. The average molecular weight is 518 g/mol. The molecule has 1 saturated heterocycles. The zero-order valence-corrected chi connectivity index (χ0v) is 20.1. The summed E-state index contributed by atoms with van der Waals surface area (Å²) in [6.07, 6.45) is 0. The van der Waals surface area contributed by atoms with E-state index < -0.39 is 5.91 Å². The van der Waals surface area contributed by atoms with Crippen LogP contribution >= 0.6 is 15.9 Å². The number of hydrogen-bond donors (Lipinski definition) is 2. The molecule has 3 aromatic carbocycles. The number of hydrogen-bond acceptors (Lipinski definition) is 5. The molecule has 1 aliphatic heterocycles. The van der Waals surface area contributed by atoms with Crippen molar-refractivity contribution in [3.8, 4) is 5.88 Å². The molecule has 2 N–H and O–H groups in total. The number of azo groups is 1. The van der Waals surface area contributed by atoms with Crippen LogP contribution in [0.15, 0.2) is 87.5 Å². The van der Waals surface area contributed by atoms with Gasteiger partial charge in [-0.1, -0.05) is 46.3 Å². The average Bonchev–Trinajstić information content (AvgIpc) is 3.18. The van der Waals surface area contributed by atoms with Crippen molar-refractivity contribution in [1.82, 2.24) is 9.88 Å². The third-order valence-electron chi connectivity index (χ3n) is 6.06. The van der Waals surface area contributed by atoms with Gasteiger partial charge in [-0.05, 0) is 48.0 Å². The number of benzene rings is 3. The first kappa shape index (κ1) is 22.3. The third kappa shape index (κ3) is 4.88. The van der Waals surface area contributed by atoms with E-state index in [-0.39, 0.29) is 11.6 Å². The van der Waals surface area contributed by atoms with E-state index in [1.165, 1.54) is 5.69 Å². The lowest BCUT2D eigenvalue weighted by Crippen LogP contribution is -2.45. The van der Waals surface area contributed by atoms with Gasteiger partial charge in [-0.3, -0.25) is 9.69 Å². The standard InChI is InChI=1S/C26H24BrN5O2/c27-20-10-11-23-22(16-20)24(26(34)28-23)29-30-25(33)19-8-6-18(7-9-19)17-31-12-14-32(15-13-31)21-4-2-1-3-5-21/h1-11,16,28,34H,12-15,17H2. The number of H-pyrrole nitrogens is 1. The number of para-hydroxylation sites is 1. The van der Waals surface area contributed by atoms with E-state index in [1.807, 2.05) is 36.4 Å². The molecule has 0 radical (unpaired) electrons. The minimum absolute atomic E-state index is 0.118. The van der Waals surface area contributed by atoms with Crippen molar-refractivity contribution in [1.29, 1.82) is 0 Å². The van der Waals surface area contributed by atoms with E-state index in [4.69, 9.17) is 0 Å². The number of halogens is 1. The Balaban J connectivity index is 1.20. The summed E-state index contributed by atoms with van der Waals surface area (Å²) in [6.45, 7) is 4.83. The first-order valence-corrected chi connectivity index (χ1v) is 11.9. The fourth-order valence-electron chi connectivity index (χ4n) is 4.20. The van der Waals surface area contributed by atoms with Crippen LogP contribution in [0.5, 0.6) is 5.88 Å². The summed E-state index contributed by atoms with van der Waals surface area (Å²) in [6, 6.07) is 23.5. The van der Waals surface area contributed by atoms with Crippen molar-refractivity contribution in [3.63, 3.8) is 0 Å². The van der Waals surface area contributed by atoms with Gasteiger partial charge >= 0.3 is 0 Å². The Kier molecular flexibility index (Phi) is 6.42. The second-order valence-electron chi connectivity index (χ2n) is 8.31. The van der Waals surface area contributed by atoms with Crippen LogP contribution in [0.25, 0.3) is 10.9 Å². The molecule has 2 heterocycles. The highest BCUT2D eigenvalue weighted by Crippen LogP contribution is 2.36. The number of piperazine rings is 1. The Hall–Kier alpha value is -3.49. The van der Waals surface area contributed by atoms with Crippen LogP contribution in [0, 0.1) is 0 Å². The molecule has 0 spiro atoms. The Morgan fingerprint density at radius 1 is 0.971 bits per heavy atom. The molecule has 34 heavy (non-hydrogen) atoms. The molecule has 0 unspecified atom stereocenters. The largest absolute Gasteiger partial charge is 0.493 e. The highest BCUT2D eigenvalue weighted by atomic mass is 79.9. The van der Waals surface area contributed by atoms with Crippen LogP contribution in [-0.4, -0.2) is 47.1 Å². The minimum Gasteiger partial charge on any atom is -0.493 e. The number of carbonyl (C=O) groups is 1. The molecule has 0 saturated carbocycles. The van der Waals surface area contributed by atoms with E-state index in [1.54, 1.807) is 12.1 Å². The van der Waals surface area contributed by atoms with Gasteiger partial charge in [0.2, 0.25) is 5.88 Å². The Morgan fingerprint density at radius 2 is 1.71 bits per heavy atom. The van der Waals surface area contributed by atoms with Crippen LogP contribution in [-0.2, 0) is 6.54 Å². The van der Waals surface area contributed by atoms with Crippen LogP contribution < -0.4 is 4.90 Å². The zero-order chi connectivity index (χ0) is 23.5. The lowest BCUT2D eigenvalue weighted by atomic mass is 10.1. The fraction of sp³-hybridized carbons (Fsp3) is 0.192. The van der Waals surface area contributed by atoms with Crippen LogP contribution in [0.4, 0.5) is 11.4 Å². The van der Waals surface area contributed by atoms with Gasteiger partial charge in [0.15, 0.2) is 5.69 Å². The molecule has 0 bridgehead atoms. The van der Waals surface area contributed by atoms with E-state index in [9.17, 15) is 9.90 Å². The number of fused-ring (bicyclic) bond motifs is 1. The van der Waals surface area contributed by atoms with E-state index in [0.717, 1.165) is 48.3 Å². The van der Waals surface area contributed by atoms with E-state index in [2.05, 4.69) is 65.2 Å². The van der Waals surface area contributed by atoms with Crippen molar-refractivity contribution in [2.24, 2.45) is 10.2 Å². The van der Waals surface area contributed by atoms with Crippen molar-refractivity contribution in [2.45, 2.75) is 6.54 Å². The summed E-state index contributed by atoms with van der Waals surface area (Å²) < 4.78 is 0.846. The summed E-state index contributed by atoms with van der Waals surface area (Å²) in [5, 5.41) is 18.7. The Morgan fingerprint density at radius 3 is 2.44 bits per heavy atom. The number of aromatic amines is 1. The normalized spacial score (nSPS) is 14.8. The van der Waals surface area contributed by atoms with Gasteiger partial charge in [0.05, 0.1) is 5.52 Å². The number of aromatic nitrogens is 1. The van der Waals surface area contributed by atoms with Gasteiger partial charge in [0, 0.05) is 53.8 Å². The maximum Gasteiger partial charge on any atom is 0.295 e. The van der Waals surface area contributed by atoms with Crippen molar-refractivity contribution < 1.29 is 9.90 Å². The van der Waals surface area contributed by atoms with Gasteiger partial charge in [-0.2, -0.15) is 0 Å². The predicted molar refractivity (Wildman–Crippen MR) is 137 cm³/mol. The lowest BCUT2D eigenvalue weighted by molar-refractivity contribution is 0.0995. The highest BCUT2D eigenvalue weighted by Gasteiger charge is 2.17. The third-order valence-corrected chi connectivity index (χ3v) is 6.55. The van der Waals surface area contributed by atoms with Gasteiger partial charge in [-0.25, -0.2) is 0 Å². The maximum atomic E-state index is 12.5. The van der Waals surface area contributed by atoms with E-state index >= 15 is 0 Å². The number of nitrogens with zero attached hydrogens (tertiary/aromatic N) is 4. The monoisotopic (exact) mass is 517 g/mol. The molecule has 1 fully saturated rings. The molecule has 7 nitrogen and oxygen atoms in total. The molecular formula is C26H24BrN5O2. The summed E-state index contributed by atoms with van der Waals surface area (Å²) in [5.74, 6) is -0.570. The van der Waals surface area contributed by atoms with Gasteiger partial charge in [0.1, 0.15) is 0 Å². The van der Waals surface area contributed by atoms with Crippen LogP contribution in [0.2, 0.25) is 0 Å². The molecule has 0 atom stereocenters. The number of rotatable bonds is 5. The first-order chi connectivity index (χ1) is 16.6. The van der Waals surface area contributed by atoms with Gasteiger partial charge in [-0.15, -0.1) is 10.2 Å². The summed E-state index contributed by atoms with van der Waals surface area (Å²) in [7, 11) is 0. The Bertz CT molecular complexity index is 1330. The van der Waals surface area contributed by atoms with Gasteiger partial charge < -0.3 is 15.0 Å². The highest BCUT2D eigenvalue weighted by molar-refractivity contribution is 9.10. The zero-order valence-electron chi connectivity index (χ0n) is 18.5. The molecule has 5 rings (SSSR count). The SMILES string of the molecule is O=C(N=Nc1c(O)[nH]c2ccc(Br)cc12)c1ccc(CN2CCN(c3ccccc3)CC2)cc1. The van der Waals surface area contributed by atoms with Crippen molar-refractivity contribution in [2.75, 3.05) is 31.1 Å². The smallest absolute Gasteiger partial charge is 0.295 e. The molecular weight excluding hydrogens is 494 g/mol. The van der Waals surface area contributed by atoms with Gasteiger partial charge in [0.25, 0.3) is 5.91 Å². The molecule has 1 aliphatic rings. The quantitative estimate of drug-likeness (QED) is 0.323. The topological polar surface area (TPSA) is 84.3 Å². The maximum absolute atomic E-state index is 12.5. The summed E-state index contributed by atoms with van der Waals surface area (Å²) in [5.41, 5.74) is 3.85. The molecule has 8 heteroatoms. The van der Waals surface area contributed by atoms with E-state index in [0.29, 0.717) is 10.9 Å². The second-order valence-corrected chi connectivity index (χ2v) is 9.23. The molecule has 172 valence electrons. The number of nitrogens with one attached hydrogen (secondary N) is 1. The van der Waals surface area contributed by atoms with Crippen LogP contribution in [0.1, 0.15) is 15.9 Å². The number of carbonyl (C=O) groups excluding carboxylic acids is 1. The first-order valence-electron chi connectivity index (χ1n) is 11.1. The second kappa shape index (κ2) is 9.79. The summed E-state index contributed by atoms with van der Waals surface area (Å²) >= 11 is 3.41. The minimum atomic E-state index is -0.452. The number of aromatic hydroxyl groups is 1. The molecule has 1 amide bonds. The fourth-order valence-corrected chi connectivity index (χ4v) is 4.57. The Labute approximate surface area is 205 Å². The van der Waals surface area contributed by atoms with Crippen molar-refractivity contribution >= 4 is 44.1 Å². The van der Waals surface area contributed by atoms with Crippen LogP contribution in [0.3, 0.4) is 0 Å². The summed E-state index contributed by atoms with van der Waals surface area (Å²) in [4.78, 5) is 20.2. The molecule has 4 aromatic rings. The van der Waals surface area contributed by atoms with Crippen molar-refractivity contribution in [3.05, 3.63) is 88.4 Å².